The lowest BCUT2D eigenvalue weighted by atomic mass is 10.0. The minimum Gasteiger partial charge on any atom is -0.367 e. The first-order chi connectivity index (χ1) is 12.9. The van der Waals surface area contributed by atoms with Gasteiger partial charge in [-0.15, -0.1) is 0 Å². The van der Waals surface area contributed by atoms with Crippen LogP contribution in [0.25, 0.3) is 0 Å². The monoisotopic (exact) mass is 375 g/mol. The lowest BCUT2D eigenvalue weighted by molar-refractivity contribution is -0.385. The molecule has 1 amide bonds. The molecule has 2 aromatic rings. The maximum absolute atomic E-state index is 14.2. The highest BCUT2D eigenvalue weighted by molar-refractivity contribution is 5.95. The van der Waals surface area contributed by atoms with Crippen LogP contribution in [0.1, 0.15) is 28.8 Å². The number of aryl methyl sites for hydroxylation is 1. The number of anilines is 1. The highest BCUT2D eigenvalue weighted by Gasteiger charge is 2.27. The van der Waals surface area contributed by atoms with E-state index in [0.717, 1.165) is 17.7 Å². The van der Waals surface area contributed by atoms with Gasteiger partial charge in [0, 0.05) is 24.7 Å². The van der Waals surface area contributed by atoms with Crippen molar-refractivity contribution in [1.29, 1.82) is 0 Å². The minimum absolute atomic E-state index is 0.0995. The summed E-state index contributed by atoms with van der Waals surface area (Å²) >= 11 is 0. The number of nitrogens with one attached hydrogen (secondary N) is 1. The lowest BCUT2D eigenvalue weighted by Gasteiger charge is -2.34. The molecule has 6 nitrogen and oxygen atoms in total. The molecule has 0 bridgehead atoms. The minimum atomic E-state index is -0.955. The van der Waals surface area contributed by atoms with E-state index < -0.39 is 22.2 Å². The Labute approximate surface area is 154 Å². The first-order valence-electron chi connectivity index (χ1n) is 8.61. The maximum Gasteiger partial charge on any atom is 0.275 e. The molecule has 0 atom stereocenters. The normalized spacial score (nSPS) is 14.9. The summed E-state index contributed by atoms with van der Waals surface area (Å²) in [5.41, 5.74) is 0.605. The van der Waals surface area contributed by atoms with Crippen LogP contribution in [0.2, 0.25) is 0 Å². The molecule has 27 heavy (non-hydrogen) atoms. The van der Waals surface area contributed by atoms with E-state index in [9.17, 15) is 23.7 Å². The maximum atomic E-state index is 14.2. The zero-order chi connectivity index (χ0) is 19.6. The van der Waals surface area contributed by atoms with Gasteiger partial charge in [0.2, 0.25) is 0 Å². The quantitative estimate of drug-likeness (QED) is 0.655. The average Bonchev–Trinajstić information content (AvgIpc) is 2.62. The first kappa shape index (κ1) is 18.8. The third-order valence-electron chi connectivity index (χ3n) is 4.75. The summed E-state index contributed by atoms with van der Waals surface area (Å²) in [5, 5.41) is 13.7. The molecule has 0 aromatic heterocycles. The van der Waals surface area contributed by atoms with Crippen LogP contribution in [0.5, 0.6) is 0 Å². The van der Waals surface area contributed by atoms with Crippen LogP contribution in [0.4, 0.5) is 20.2 Å². The number of benzene rings is 2. The SMILES string of the molecule is Cc1ccccc1C(=O)NC1CCN(c2c(F)cc([N+](=O)[O-])cc2F)CC1. The van der Waals surface area contributed by atoms with Gasteiger partial charge in [-0.3, -0.25) is 14.9 Å². The smallest absolute Gasteiger partial charge is 0.275 e. The number of piperidine rings is 1. The highest BCUT2D eigenvalue weighted by Crippen LogP contribution is 2.30. The number of non-ortho nitro benzene ring substituents is 1. The van der Waals surface area contributed by atoms with Gasteiger partial charge >= 0.3 is 0 Å². The predicted octanol–water partition coefficient (Wildman–Crippen LogP) is 3.58. The van der Waals surface area contributed by atoms with Crippen LogP contribution >= 0.6 is 0 Å². The fourth-order valence-electron chi connectivity index (χ4n) is 3.30. The molecular weight excluding hydrogens is 356 g/mol. The van der Waals surface area contributed by atoms with Gasteiger partial charge in [0.05, 0.1) is 17.1 Å². The molecule has 0 spiro atoms. The van der Waals surface area contributed by atoms with Crippen LogP contribution in [0, 0.1) is 28.7 Å². The zero-order valence-electron chi connectivity index (χ0n) is 14.7. The molecule has 3 rings (SSSR count). The van der Waals surface area contributed by atoms with Crippen LogP contribution in [0.15, 0.2) is 36.4 Å². The van der Waals surface area contributed by atoms with Crippen molar-refractivity contribution in [2.24, 2.45) is 0 Å². The number of hydrogen-bond acceptors (Lipinski definition) is 4. The predicted molar refractivity (Wildman–Crippen MR) is 96.9 cm³/mol. The number of rotatable bonds is 4. The number of nitro benzene ring substituents is 1. The van der Waals surface area contributed by atoms with Crippen molar-refractivity contribution < 1.29 is 18.5 Å². The standard InChI is InChI=1S/C19H19F2N3O3/c1-12-4-2-3-5-15(12)19(25)22-13-6-8-23(9-7-13)18-16(20)10-14(24(26)27)11-17(18)21/h2-5,10-11,13H,6-9H2,1H3,(H,22,25). The summed E-state index contributed by atoms with van der Waals surface area (Å²) in [4.78, 5) is 23.8. The van der Waals surface area contributed by atoms with E-state index in [1.54, 1.807) is 12.1 Å². The summed E-state index contributed by atoms with van der Waals surface area (Å²) in [6, 6.07) is 8.62. The van der Waals surface area contributed by atoms with Gasteiger partial charge in [0.25, 0.3) is 11.6 Å². The van der Waals surface area contributed by atoms with Crippen molar-refractivity contribution in [3.8, 4) is 0 Å². The van der Waals surface area contributed by atoms with E-state index in [1.807, 2.05) is 19.1 Å². The fraction of sp³-hybridized carbons (Fsp3) is 0.316. The Bertz CT molecular complexity index is 857. The van der Waals surface area contributed by atoms with Gasteiger partial charge in [-0.1, -0.05) is 18.2 Å². The Morgan fingerprint density at radius 2 is 1.78 bits per heavy atom. The van der Waals surface area contributed by atoms with Crippen LogP contribution in [0.3, 0.4) is 0 Å². The summed E-state index contributed by atoms with van der Waals surface area (Å²) in [6.07, 6.45) is 1.04. The van der Waals surface area contributed by atoms with Crippen LogP contribution in [-0.4, -0.2) is 30.0 Å². The fourth-order valence-corrected chi connectivity index (χ4v) is 3.30. The average molecular weight is 375 g/mol. The molecule has 1 aliphatic heterocycles. The molecule has 1 aliphatic rings. The molecule has 8 heteroatoms. The number of carbonyl (C=O) groups excluding carboxylic acids is 1. The van der Waals surface area contributed by atoms with Crippen molar-refractivity contribution in [3.63, 3.8) is 0 Å². The van der Waals surface area contributed by atoms with Crippen molar-refractivity contribution in [2.45, 2.75) is 25.8 Å². The molecule has 142 valence electrons. The Kier molecular flexibility index (Phi) is 5.34. The first-order valence-corrected chi connectivity index (χ1v) is 8.61. The molecule has 0 aliphatic carbocycles. The van der Waals surface area contributed by atoms with Crippen molar-refractivity contribution >= 4 is 17.3 Å². The van der Waals surface area contributed by atoms with E-state index >= 15 is 0 Å². The van der Waals surface area contributed by atoms with E-state index in [-0.39, 0.29) is 17.6 Å². The van der Waals surface area contributed by atoms with Crippen molar-refractivity contribution in [3.05, 3.63) is 69.3 Å². The molecule has 1 N–H and O–H groups in total. The van der Waals surface area contributed by atoms with E-state index in [0.29, 0.717) is 31.5 Å². The number of halogens is 2. The third kappa shape index (κ3) is 4.05. The molecular formula is C19H19F2N3O3. The van der Waals surface area contributed by atoms with Crippen molar-refractivity contribution in [1.82, 2.24) is 5.32 Å². The number of nitrogens with zero attached hydrogens (tertiary/aromatic N) is 2. The Balaban J connectivity index is 1.65. The van der Waals surface area contributed by atoms with Gasteiger partial charge in [0.1, 0.15) is 5.69 Å². The highest BCUT2D eigenvalue weighted by atomic mass is 19.1. The molecule has 0 saturated carbocycles. The van der Waals surface area contributed by atoms with Gasteiger partial charge in [-0.25, -0.2) is 8.78 Å². The second-order valence-electron chi connectivity index (χ2n) is 6.56. The Morgan fingerprint density at radius 1 is 1.19 bits per heavy atom. The molecule has 0 radical (unpaired) electrons. The number of hydrogen-bond donors (Lipinski definition) is 1. The number of amides is 1. The van der Waals surface area contributed by atoms with Crippen molar-refractivity contribution in [2.75, 3.05) is 18.0 Å². The molecule has 2 aromatic carbocycles. The Hall–Kier alpha value is -3.03. The lowest BCUT2D eigenvalue weighted by Crippen LogP contribution is -2.45. The summed E-state index contributed by atoms with van der Waals surface area (Å²) in [6.45, 7) is 2.53. The van der Waals surface area contributed by atoms with Crippen LogP contribution < -0.4 is 10.2 Å². The zero-order valence-corrected chi connectivity index (χ0v) is 14.7. The van der Waals surface area contributed by atoms with Crippen LogP contribution in [-0.2, 0) is 0 Å². The Morgan fingerprint density at radius 3 is 2.33 bits per heavy atom. The largest absolute Gasteiger partial charge is 0.367 e. The topological polar surface area (TPSA) is 75.5 Å². The van der Waals surface area contributed by atoms with Gasteiger partial charge in [0.15, 0.2) is 11.6 Å². The molecule has 0 unspecified atom stereocenters. The summed E-state index contributed by atoms with van der Waals surface area (Å²) in [7, 11) is 0. The van der Waals surface area contributed by atoms with Gasteiger partial charge in [-0.05, 0) is 31.4 Å². The number of nitro groups is 1. The summed E-state index contributed by atoms with van der Waals surface area (Å²) in [5.74, 6) is -2.08. The molecule has 1 saturated heterocycles. The van der Waals surface area contributed by atoms with E-state index in [1.165, 1.54) is 4.90 Å². The second-order valence-corrected chi connectivity index (χ2v) is 6.56. The van der Waals surface area contributed by atoms with Gasteiger partial charge in [-0.2, -0.15) is 0 Å². The van der Waals surface area contributed by atoms with Gasteiger partial charge < -0.3 is 10.2 Å². The molecule has 1 heterocycles. The number of carbonyl (C=O) groups is 1. The van der Waals surface area contributed by atoms with E-state index in [4.69, 9.17) is 0 Å². The molecule has 1 fully saturated rings. The second kappa shape index (κ2) is 7.69. The summed E-state index contributed by atoms with van der Waals surface area (Å²) < 4.78 is 28.3. The van der Waals surface area contributed by atoms with E-state index in [2.05, 4.69) is 5.32 Å². The third-order valence-corrected chi connectivity index (χ3v) is 4.75.